The summed E-state index contributed by atoms with van der Waals surface area (Å²) in [5, 5.41) is 10.2. The number of benzene rings is 2. The summed E-state index contributed by atoms with van der Waals surface area (Å²) >= 11 is 0. The number of piperidine rings is 1. The summed E-state index contributed by atoms with van der Waals surface area (Å²) in [6.07, 6.45) is 8.30. The van der Waals surface area contributed by atoms with Crippen molar-refractivity contribution < 1.29 is 19.4 Å². The fourth-order valence-electron chi connectivity index (χ4n) is 8.35. The molecule has 2 aromatic rings. The number of likely N-dealkylation sites (tertiary alicyclic amines) is 2. The number of nitrogens with zero attached hydrogens (tertiary/aromatic N) is 2. The Hall–Kier alpha value is -3.22. The van der Waals surface area contributed by atoms with Gasteiger partial charge < -0.3 is 9.84 Å². The molecule has 234 valence electrons. The molecule has 0 radical (unpaired) electrons. The Balaban J connectivity index is 1.13. The van der Waals surface area contributed by atoms with E-state index in [0.717, 1.165) is 74.8 Å². The molecule has 1 aliphatic carbocycles. The first-order valence-corrected chi connectivity index (χ1v) is 16.7. The van der Waals surface area contributed by atoms with Gasteiger partial charge in [0.25, 0.3) is 0 Å². The van der Waals surface area contributed by atoms with Crippen molar-refractivity contribution in [3.63, 3.8) is 0 Å². The van der Waals surface area contributed by atoms with Crippen molar-refractivity contribution in [1.82, 2.24) is 9.80 Å². The first-order valence-electron chi connectivity index (χ1n) is 16.7. The summed E-state index contributed by atoms with van der Waals surface area (Å²) in [6, 6.07) is 14.6. The van der Waals surface area contributed by atoms with Crippen LogP contribution in [-0.2, 0) is 20.9 Å². The third-order valence-electron chi connectivity index (χ3n) is 10.7. The SMILES string of the molecule is CCC1=C2[C@@H](CC/C(=C/c3cc(C)c(O)c(C)c3)CC)OC[C@@H]2[C@@H]2C(=O)N(C3CCN(Cc4ccccc4)CC3)C(=O)[C@@H]2C1. The van der Waals surface area contributed by atoms with E-state index in [-0.39, 0.29) is 41.7 Å². The average Bonchev–Trinajstić information content (AvgIpc) is 3.56. The number of rotatable bonds is 9. The van der Waals surface area contributed by atoms with Crippen LogP contribution in [0.3, 0.4) is 0 Å². The standard InChI is InChI=1S/C38H48N2O4/c1-5-26(20-28-18-24(3)36(41)25(4)19-28)12-13-33-34-29(6-2)21-31-35(32(34)23-44-33)38(43)40(37(31)42)30-14-16-39(17-15-30)22-27-10-8-7-9-11-27/h7-11,18-20,30-33,35,41H,5-6,12-17,21-23H2,1-4H3/b26-20+/t31-,32+,33-,35-/m1/s1. The van der Waals surface area contributed by atoms with Crippen molar-refractivity contribution in [3.8, 4) is 5.75 Å². The lowest BCUT2D eigenvalue weighted by atomic mass is 9.69. The molecule has 3 fully saturated rings. The molecule has 4 atom stereocenters. The second-order valence-corrected chi connectivity index (χ2v) is 13.4. The molecular formula is C38H48N2O4. The normalized spacial score (nSPS) is 26.5. The molecule has 1 N–H and O–H groups in total. The van der Waals surface area contributed by atoms with Crippen LogP contribution in [0.4, 0.5) is 0 Å². The molecule has 3 heterocycles. The number of ether oxygens (including phenoxy) is 1. The molecule has 3 saturated heterocycles. The van der Waals surface area contributed by atoms with E-state index in [9.17, 15) is 14.7 Å². The smallest absolute Gasteiger partial charge is 0.234 e. The molecular weight excluding hydrogens is 548 g/mol. The molecule has 3 aliphatic heterocycles. The molecule has 6 rings (SSSR count). The lowest BCUT2D eigenvalue weighted by Crippen LogP contribution is -2.47. The summed E-state index contributed by atoms with van der Waals surface area (Å²) in [4.78, 5) is 32.0. The van der Waals surface area contributed by atoms with E-state index in [0.29, 0.717) is 18.8 Å². The molecule has 0 bridgehead atoms. The van der Waals surface area contributed by atoms with Gasteiger partial charge in [0.15, 0.2) is 0 Å². The molecule has 0 aromatic heterocycles. The van der Waals surface area contributed by atoms with Gasteiger partial charge in [0.05, 0.1) is 24.5 Å². The van der Waals surface area contributed by atoms with Gasteiger partial charge in [-0.25, -0.2) is 0 Å². The van der Waals surface area contributed by atoms with E-state index in [4.69, 9.17) is 4.74 Å². The fraction of sp³-hybridized carbons (Fsp3) is 0.526. The minimum Gasteiger partial charge on any atom is -0.507 e. The second-order valence-electron chi connectivity index (χ2n) is 13.4. The van der Waals surface area contributed by atoms with Gasteiger partial charge in [-0.2, -0.15) is 0 Å². The van der Waals surface area contributed by atoms with Crippen molar-refractivity contribution in [3.05, 3.63) is 81.4 Å². The van der Waals surface area contributed by atoms with Crippen LogP contribution in [0.5, 0.6) is 5.75 Å². The highest BCUT2D eigenvalue weighted by molar-refractivity contribution is 6.06. The molecule has 6 heteroatoms. The third kappa shape index (κ3) is 5.91. The van der Waals surface area contributed by atoms with Gasteiger partial charge in [0.2, 0.25) is 11.8 Å². The molecule has 2 amide bonds. The summed E-state index contributed by atoms with van der Waals surface area (Å²) in [6.45, 7) is 11.5. The van der Waals surface area contributed by atoms with Gasteiger partial charge in [-0.3, -0.25) is 19.4 Å². The highest BCUT2D eigenvalue weighted by atomic mass is 16.5. The number of imide groups is 1. The van der Waals surface area contributed by atoms with E-state index in [2.05, 4.69) is 49.1 Å². The predicted octanol–water partition coefficient (Wildman–Crippen LogP) is 6.97. The van der Waals surface area contributed by atoms with E-state index in [1.54, 1.807) is 4.90 Å². The maximum atomic E-state index is 14.0. The summed E-state index contributed by atoms with van der Waals surface area (Å²) in [7, 11) is 0. The highest BCUT2D eigenvalue weighted by Gasteiger charge is 2.58. The van der Waals surface area contributed by atoms with Gasteiger partial charge in [0.1, 0.15) is 5.75 Å². The topological polar surface area (TPSA) is 70.1 Å². The Kier molecular flexibility index (Phi) is 9.11. The van der Waals surface area contributed by atoms with Crippen LogP contribution < -0.4 is 0 Å². The van der Waals surface area contributed by atoms with Crippen LogP contribution in [0.1, 0.15) is 81.0 Å². The van der Waals surface area contributed by atoms with Gasteiger partial charge in [0, 0.05) is 31.6 Å². The van der Waals surface area contributed by atoms with E-state index >= 15 is 0 Å². The zero-order valence-corrected chi connectivity index (χ0v) is 26.9. The molecule has 0 saturated carbocycles. The minimum atomic E-state index is -0.274. The lowest BCUT2D eigenvalue weighted by Gasteiger charge is -2.36. The van der Waals surface area contributed by atoms with Crippen LogP contribution in [0.15, 0.2) is 59.2 Å². The molecule has 0 unspecified atom stereocenters. The van der Waals surface area contributed by atoms with Gasteiger partial charge >= 0.3 is 0 Å². The zero-order valence-electron chi connectivity index (χ0n) is 26.9. The maximum absolute atomic E-state index is 14.0. The summed E-state index contributed by atoms with van der Waals surface area (Å²) in [5.41, 5.74) is 8.23. The van der Waals surface area contributed by atoms with Crippen molar-refractivity contribution in [2.24, 2.45) is 17.8 Å². The Labute approximate surface area is 262 Å². The number of allylic oxidation sites excluding steroid dienone is 2. The van der Waals surface area contributed by atoms with Crippen LogP contribution >= 0.6 is 0 Å². The Bertz CT molecular complexity index is 1430. The third-order valence-corrected chi connectivity index (χ3v) is 10.7. The predicted molar refractivity (Wildman–Crippen MR) is 174 cm³/mol. The summed E-state index contributed by atoms with van der Waals surface area (Å²) < 4.78 is 6.47. The molecule has 44 heavy (non-hydrogen) atoms. The van der Waals surface area contributed by atoms with E-state index in [1.807, 2.05) is 32.0 Å². The maximum Gasteiger partial charge on any atom is 0.234 e. The highest BCUT2D eigenvalue weighted by Crippen LogP contribution is 2.51. The largest absolute Gasteiger partial charge is 0.507 e. The van der Waals surface area contributed by atoms with Crippen LogP contribution in [0.2, 0.25) is 0 Å². The number of phenols is 1. The van der Waals surface area contributed by atoms with Gasteiger partial charge in [-0.1, -0.05) is 61.4 Å². The minimum absolute atomic E-state index is 0.00342. The molecule has 6 nitrogen and oxygen atoms in total. The number of carbonyl (C=O) groups is 2. The van der Waals surface area contributed by atoms with Crippen molar-refractivity contribution in [2.45, 2.75) is 91.3 Å². The number of aromatic hydroxyl groups is 1. The number of phenolic OH excluding ortho intramolecular Hbond substituents is 1. The Morgan fingerprint density at radius 1 is 1.00 bits per heavy atom. The van der Waals surface area contributed by atoms with Gasteiger partial charge in [-0.05, 0) is 98.8 Å². The fourth-order valence-corrected chi connectivity index (χ4v) is 8.35. The number of hydrogen-bond donors (Lipinski definition) is 1. The second kappa shape index (κ2) is 13.0. The van der Waals surface area contributed by atoms with Crippen molar-refractivity contribution >= 4 is 17.9 Å². The van der Waals surface area contributed by atoms with Crippen molar-refractivity contribution in [1.29, 1.82) is 0 Å². The van der Waals surface area contributed by atoms with E-state index < -0.39 is 0 Å². The first kappa shape index (κ1) is 30.8. The Morgan fingerprint density at radius 3 is 2.36 bits per heavy atom. The number of fused-ring (bicyclic) bond motifs is 3. The van der Waals surface area contributed by atoms with Crippen LogP contribution in [0.25, 0.3) is 6.08 Å². The summed E-state index contributed by atoms with van der Waals surface area (Å²) in [5.74, 6) is -0.00874. The number of hydrogen-bond acceptors (Lipinski definition) is 5. The Morgan fingerprint density at radius 2 is 1.70 bits per heavy atom. The first-order chi connectivity index (χ1) is 21.3. The molecule has 4 aliphatic rings. The molecule has 0 spiro atoms. The zero-order chi connectivity index (χ0) is 31.0. The van der Waals surface area contributed by atoms with Crippen LogP contribution in [0, 0.1) is 31.6 Å². The number of amides is 2. The van der Waals surface area contributed by atoms with Gasteiger partial charge in [-0.15, -0.1) is 0 Å². The van der Waals surface area contributed by atoms with E-state index in [1.165, 1.54) is 22.3 Å². The molecule has 2 aromatic carbocycles. The number of aryl methyl sites for hydroxylation is 2. The number of carbonyl (C=O) groups excluding carboxylic acids is 2. The average molecular weight is 597 g/mol. The monoisotopic (exact) mass is 596 g/mol. The van der Waals surface area contributed by atoms with Crippen LogP contribution in [-0.4, -0.2) is 58.6 Å². The van der Waals surface area contributed by atoms with Crippen molar-refractivity contribution in [2.75, 3.05) is 19.7 Å². The quantitative estimate of drug-likeness (QED) is 0.250. The lowest BCUT2D eigenvalue weighted by molar-refractivity contribution is -0.144.